The standard InChI is InChI=1S/C11H21N3O2/c1-2-16-8-4-5-12-9-11(15)10-14-7-3-6-13-14/h3,6-7,11-12,15H,2,4-5,8-10H2,1H3. The molecule has 0 fully saturated rings. The van der Waals surface area contributed by atoms with Crippen molar-refractivity contribution in [3.8, 4) is 0 Å². The molecule has 0 saturated carbocycles. The summed E-state index contributed by atoms with van der Waals surface area (Å²) in [5.74, 6) is 0. The second-order valence-electron chi connectivity index (χ2n) is 3.64. The monoisotopic (exact) mass is 227 g/mol. The van der Waals surface area contributed by atoms with E-state index in [9.17, 15) is 5.11 Å². The highest BCUT2D eigenvalue weighted by molar-refractivity contribution is 4.78. The Kier molecular flexibility index (Phi) is 6.80. The van der Waals surface area contributed by atoms with Crippen LogP contribution in [0.1, 0.15) is 13.3 Å². The lowest BCUT2D eigenvalue weighted by Crippen LogP contribution is -2.31. The topological polar surface area (TPSA) is 59.3 Å². The van der Waals surface area contributed by atoms with Crippen LogP contribution in [-0.4, -0.2) is 47.3 Å². The van der Waals surface area contributed by atoms with Crippen molar-refractivity contribution < 1.29 is 9.84 Å². The Hall–Kier alpha value is -0.910. The van der Waals surface area contributed by atoms with E-state index in [-0.39, 0.29) is 0 Å². The molecule has 0 aliphatic heterocycles. The number of nitrogens with zero attached hydrogens (tertiary/aromatic N) is 2. The van der Waals surface area contributed by atoms with E-state index in [0.717, 1.165) is 26.2 Å². The Bertz CT molecular complexity index is 252. The minimum atomic E-state index is -0.396. The summed E-state index contributed by atoms with van der Waals surface area (Å²) in [4.78, 5) is 0. The van der Waals surface area contributed by atoms with Crippen LogP contribution in [0.4, 0.5) is 0 Å². The van der Waals surface area contributed by atoms with Gasteiger partial charge in [0.2, 0.25) is 0 Å². The highest BCUT2D eigenvalue weighted by Crippen LogP contribution is 1.90. The molecule has 0 amide bonds. The lowest BCUT2D eigenvalue weighted by atomic mass is 10.3. The van der Waals surface area contributed by atoms with E-state index in [0.29, 0.717) is 13.1 Å². The number of aromatic nitrogens is 2. The van der Waals surface area contributed by atoms with Crippen LogP contribution in [0, 0.1) is 0 Å². The average Bonchev–Trinajstić information content (AvgIpc) is 2.76. The quantitative estimate of drug-likeness (QED) is 0.594. The average molecular weight is 227 g/mol. The molecular weight excluding hydrogens is 206 g/mol. The summed E-state index contributed by atoms with van der Waals surface area (Å²) in [6.07, 6.45) is 4.13. The van der Waals surface area contributed by atoms with Crippen LogP contribution in [0.5, 0.6) is 0 Å². The molecule has 1 atom stereocenters. The Morgan fingerprint density at radius 3 is 3.12 bits per heavy atom. The Balaban J connectivity index is 1.96. The molecule has 0 spiro atoms. The summed E-state index contributed by atoms with van der Waals surface area (Å²) in [5, 5.41) is 16.9. The van der Waals surface area contributed by atoms with Crippen LogP contribution in [0.25, 0.3) is 0 Å². The first kappa shape index (κ1) is 13.2. The van der Waals surface area contributed by atoms with Gasteiger partial charge in [-0.2, -0.15) is 5.10 Å². The van der Waals surface area contributed by atoms with E-state index in [1.165, 1.54) is 0 Å². The lowest BCUT2D eigenvalue weighted by molar-refractivity contribution is 0.134. The molecule has 0 aliphatic carbocycles. The fourth-order valence-electron chi connectivity index (χ4n) is 1.40. The van der Waals surface area contributed by atoms with Gasteiger partial charge in [0.05, 0.1) is 12.6 Å². The zero-order valence-electron chi connectivity index (χ0n) is 9.80. The molecule has 5 heteroatoms. The molecule has 0 saturated heterocycles. The molecule has 1 heterocycles. The Morgan fingerprint density at radius 1 is 1.56 bits per heavy atom. The number of hydrogen-bond donors (Lipinski definition) is 2. The van der Waals surface area contributed by atoms with Gasteiger partial charge in [-0.25, -0.2) is 0 Å². The van der Waals surface area contributed by atoms with Crippen molar-refractivity contribution in [2.45, 2.75) is 26.0 Å². The minimum Gasteiger partial charge on any atom is -0.390 e. The molecule has 16 heavy (non-hydrogen) atoms. The van der Waals surface area contributed by atoms with Gasteiger partial charge in [-0.1, -0.05) is 0 Å². The maximum absolute atomic E-state index is 9.67. The number of hydrogen-bond acceptors (Lipinski definition) is 4. The molecule has 2 N–H and O–H groups in total. The molecule has 1 rings (SSSR count). The summed E-state index contributed by atoms with van der Waals surface area (Å²) in [7, 11) is 0. The maximum Gasteiger partial charge on any atom is 0.0860 e. The van der Waals surface area contributed by atoms with E-state index in [1.807, 2.05) is 19.2 Å². The molecule has 0 radical (unpaired) electrons. The van der Waals surface area contributed by atoms with Crippen molar-refractivity contribution in [2.75, 3.05) is 26.3 Å². The number of nitrogens with one attached hydrogen (secondary N) is 1. The molecule has 1 unspecified atom stereocenters. The van der Waals surface area contributed by atoms with Crippen LogP contribution in [0.15, 0.2) is 18.5 Å². The number of aliphatic hydroxyl groups excluding tert-OH is 1. The second-order valence-corrected chi connectivity index (χ2v) is 3.64. The van der Waals surface area contributed by atoms with Gasteiger partial charge in [-0.15, -0.1) is 0 Å². The minimum absolute atomic E-state index is 0.396. The Labute approximate surface area is 96.4 Å². The summed E-state index contributed by atoms with van der Waals surface area (Å²) in [5.41, 5.74) is 0. The lowest BCUT2D eigenvalue weighted by Gasteiger charge is -2.11. The van der Waals surface area contributed by atoms with E-state index in [4.69, 9.17) is 4.74 Å². The molecule has 0 bridgehead atoms. The summed E-state index contributed by atoms with van der Waals surface area (Å²) < 4.78 is 6.94. The SMILES string of the molecule is CCOCCCNCC(O)Cn1cccn1. The van der Waals surface area contributed by atoms with Gasteiger partial charge in [0.15, 0.2) is 0 Å². The Morgan fingerprint density at radius 2 is 2.44 bits per heavy atom. The van der Waals surface area contributed by atoms with Crippen molar-refractivity contribution >= 4 is 0 Å². The molecule has 0 aromatic carbocycles. The van der Waals surface area contributed by atoms with Crippen LogP contribution in [0.3, 0.4) is 0 Å². The first-order chi connectivity index (χ1) is 7.83. The second kappa shape index (κ2) is 8.27. The van der Waals surface area contributed by atoms with Gasteiger partial charge in [-0.3, -0.25) is 4.68 Å². The molecule has 5 nitrogen and oxygen atoms in total. The van der Waals surface area contributed by atoms with Crippen LogP contribution >= 0.6 is 0 Å². The van der Waals surface area contributed by atoms with Gasteiger partial charge in [0.1, 0.15) is 0 Å². The van der Waals surface area contributed by atoms with Crippen LogP contribution in [-0.2, 0) is 11.3 Å². The van der Waals surface area contributed by atoms with Gasteiger partial charge in [0, 0.05) is 32.2 Å². The van der Waals surface area contributed by atoms with Crippen molar-refractivity contribution in [2.24, 2.45) is 0 Å². The zero-order valence-corrected chi connectivity index (χ0v) is 9.80. The first-order valence-electron chi connectivity index (χ1n) is 5.77. The van der Waals surface area contributed by atoms with E-state index < -0.39 is 6.10 Å². The number of rotatable bonds is 9. The maximum atomic E-state index is 9.67. The predicted octanol–water partition coefficient (Wildman–Crippen LogP) is 0.260. The van der Waals surface area contributed by atoms with Crippen molar-refractivity contribution in [3.05, 3.63) is 18.5 Å². The van der Waals surface area contributed by atoms with Gasteiger partial charge in [-0.05, 0) is 26.0 Å². The fourth-order valence-corrected chi connectivity index (χ4v) is 1.40. The third-order valence-electron chi connectivity index (χ3n) is 2.18. The van der Waals surface area contributed by atoms with Crippen molar-refractivity contribution in [3.63, 3.8) is 0 Å². The zero-order chi connectivity index (χ0) is 11.6. The van der Waals surface area contributed by atoms with Crippen LogP contribution < -0.4 is 5.32 Å². The smallest absolute Gasteiger partial charge is 0.0860 e. The van der Waals surface area contributed by atoms with E-state index >= 15 is 0 Å². The number of ether oxygens (including phenoxy) is 1. The summed E-state index contributed by atoms with van der Waals surface area (Å²) in [6.45, 7) is 5.52. The molecular formula is C11H21N3O2. The summed E-state index contributed by atoms with van der Waals surface area (Å²) in [6, 6.07) is 1.85. The predicted molar refractivity (Wildman–Crippen MR) is 62.2 cm³/mol. The first-order valence-corrected chi connectivity index (χ1v) is 5.77. The van der Waals surface area contributed by atoms with Crippen molar-refractivity contribution in [1.82, 2.24) is 15.1 Å². The van der Waals surface area contributed by atoms with Gasteiger partial charge < -0.3 is 15.2 Å². The molecule has 92 valence electrons. The van der Waals surface area contributed by atoms with Crippen molar-refractivity contribution in [1.29, 1.82) is 0 Å². The van der Waals surface area contributed by atoms with Gasteiger partial charge in [0.25, 0.3) is 0 Å². The highest BCUT2D eigenvalue weighted by atomic mass is 16.5. The fraction of sp³-hybridized carbons (Fsp3) is 0.727. The molecule has 1 aromatic heterocycles. The van der Waals surface area contributed by atoms with Crippen LogP contribution in [0.2, 0.25) is 0 Å². The largest absolute Gasteiger partial charge is 0.390 e. The third-order valence-corrected chi connectivity index (χ3v) is 2.18. The van der Waals surface area contributed by atoms with E-state index in [1.54, 1.807) is 10.9 Å². The third kappa shape index (κ3) is 5.85. The summed E-state index contributed by atoms with van der Waals surface area (Å²) >= 11 is 0. The normalized spacial score (nSPS) is 12.9. The van der Waals surface area contributed by atoms with E-state index in [2.05, 4.69) is 10.4 Å². The number of aliphatic hydroxyl groups is 1. The van der Waals surface area contributed by atoms with Gasteiger partial charge >= 0.3 is 0 Å². The molecule has 1 aromatic rings. The molecule has 0 aliphatic rings. The highest BCUT2D eigenvalue weighted by Gasteiger charge is 2.03.